The van der Waals surface area contributed by atoms with Gasteiger partial charge in [-0.3, -0.25) is 4.98 Å². The second kappa shape index (κ2) is 5.91. The first kappa shape index (κ1) is 15.7. The number of aromatic nitrogens is 7. The molecule has 1 saturated heterocycles. The second-order valence-electron chi connectivity index (χ2n) is 6.25. The van der Waals surface area contributed by atoms with Gasteiger partial charge in [0.15, 0.2) is 17.3 Å². The average Bonchev–Trinajstić information content (AvgIpc) is 3.28. The molecule has 1 aliphatic rings. The summed E-state index contributed by atoms with van der Waals surface area (Å²) in [6.07, 6.45) is 5.10. The monoisotopic (exact) mass is 342 g/mol. The summed E-state index contributed by atoms with van der Waals surface area (Å²) in [7, 11) is 1.81. The molecular weight excluding hydrogens is 323 g/mol. The molecule has 0 N–H and O–H groups in total. The lowest BCUT2D eigenvalue weighted by atomic mass is 10.3. The van der Waals surface area contributed by atoms with E-state index >= 15 is 0 Å². The maximum absolute atomic E-state index is 13.4. The van der Waals surface area contributed by atoms with Crippen LogP contribution in [-0.2, 0) is 7.05 Å². The maximum Gasteiger partial charge on any atom is 0.245 e. The Morgan fingerprint density at radius 2 is 2.04 bits per heavy atom. The molecule has 4 heterocycles. The van der Waals surface area contributed by atoms with Crippen molar-refractivity contribution in [3.8, 4) is 0 Å². The van der Waals surface area contributed by atoms with Crippen molar-refractivity contribution in [2.24, 2.45) is 7.05 Å². The Bertz CT molecular complexity index is 918. The van der Waals surface area contributed by atoms with Crippen LogP contribution in [0.25, 0.3) is 17.8 Å². The number of nitrogens with zero attached hydrogens (tertiary/aromatic N) is 8. The second-order valence-corrected chi connectivity index (χ2v) is 6.25. The van der Waals surface area contributed by atoms with Gasteiger partial charge in [-0.15, -0.1) is 10.2 Å². The molecule has 4 rings (SSSR count). The van der Waals surface area contributed by atoms with E-state index in [0.29, 0.717) is 37.1 Å². The molecule has 0 radical (unpaired) electrons. The fourth-order valence-corrected chi connectivity index (χ4v) is 2.89. The molecule has 0 unspecified atom stereocenters. The summed E-state index contributed by atoms with van der Waals surface area (Å²) >= 11 is 0. The minimum Gasteiger partial charge on any atom is -0.337 e. The zero-order chi connectivity index (χ0) is 17.6. The lowest BCUT2D eigenvalue weighted by molar-refractivity contribution is 0.364. The van der Waals surface area contributed by atoms with Gasteiger partial charge in [-0.05, 0) is 32.4 Å². The minimum atomic E-state index is -0.801. The molecule has 3 aromatic heterocycles. The summed E-state index contributed by atoms with van der Waals surface area (Å²) in [6.45, 7) is 4.84. The predicted octanol–water partition coefficient (Wildman–Crippen LogP) is 1.59. The Morgan fingerprint density at radius 1 is 1.20 bits per heavy atom. The van der Waals surface area contributed by atoms with Crippen molar-refractivity contribution >= 4 is 23.7 Å². The van der Waals surface area contributed by atoms with Crippen LogP contribution in [0.5, 0.6) is 0 Å². The lowest BCUT2D eigenvalue weighted by Crippen LogP contribution is -2.21. The molecule has 9 heteroatoms. The van der Waals surface area contributed by atoms with Crippen LogP contribution in [0.15, 0.2) is 6.20 Å². The third-order valence-electron chi connectivity index (χ3n) is 4.31. The molecule has 0 spiro atoms. The number of rotatable bonds is 3. The maximum atomic E-state index is 13.4. The van der Waals surface area contributed by atoms with Crippen molar-refractivity contribution in [3.63, 3.8) is 0 Å². The highest BCUT2D eigenvalue weighted by Gasteiger charge is 2.25. The molecule has 8 nitrogen and oxygen atoms in total. The van der Waals surface area contributed by atoms with Crippen LogP contribution in [0.2, 0.25) is 0 Å². The fraction of sp³-hybridized carbons (Fsp3) is 0.438. The molecule has 1 aliphatic heterocycles. The first-order chi connectivity index (χ1) is 12.0. The summed E-state index contributed by atoms with van der Waals surface area (Å²) in [6, 6.07) is 0. The Balaban J connectivity index is 1.61. The molecule has 0 aliphatic carbocycles. The van der Waals surface area contributed by atoms with Gasteiger partial charge in [0.2, 0.25) is 5.95 Å². The largest absolute Gasteiger partial charge is 0.337 e. The summed E-state index contributed by atoms with van der Waals surface area (Å²) in [5.74, 6) is 1.80. The smallest absolute Gasteiger partial charge is 0.245 e. The van der Waals surface area contributed by atoms with Crippen LogP contribution in [0, 0.1) is 13.8 Å². The highest BCUT2D eigenvalue weighted by Crippen LogP contribution is 2.19. The van der Waals surface area contributed by atoms with Gasteiger partial charge in [0, 0.05) is 19.8 Å². The standard InChI is InChI=1S/C16H19FN8/c1-10-8-18-11(2)15-19-13(21-25(10)15)4-5-14-20-16(22-23(14)3)24-7-6-12(17)9-24/h4-5,8,12H,6-7,9H2,1-3H3/t12-/m0/s1. The molecule has 25 heavy (non-hydrogen) atoms. The molecule has 0 saturated carbocycles. The molecule has 0 amide bonds. The molecule has 1 atom stereocenters. The van der Waals surface area contributed by atoms with Crippen molar-refractivity contribution < 1.29 is 4.39 Å². The van der Waals surface area contributed by atoms with Gasteiger partial charge in [-0.25, -0.2) is 18.6 Å². The number of halogens is 1. The highest BCUT2D eigenvalue weighted by atomic mass is 19.1. The summed E-state index contributed by atoms with van der Waals surface area (Å²) in [4.78, 5) is 15.1. The van der Waals surface area contributed by atoms with E-state index < -0.39 is 6.17 Å². The third kappa shape index (κ3) is 2.86. The van der Waals surface area contributed by atoms with Crippen LogP contribution < -0.4 is 4.90 Å². The van der Waals surface area contributed by atoms with E-state index in [1.165, 1.54) is 0 Å². The number of aryl methyl sites for hydroxylation is 3. The van der Waals surface area contributed by atoms with Crippen LogP contribution >= 0.6 is 0 Å². The third-order valence-corrected chi connectivity index (χ3v) is 4.31. The van der Waals surface area contributed by atoms with Crippen LogP contribution in [0.3, 0.4) is 0 Å². The van der Waals surface area contributed by atoms with E-state index in [9.17, 15) is 4.39 Å². The predicted molar refractivity (Wildman–Crippen MR) is 91.9 cm³/mol. The normalized spacial score (nSPS) is 18.1. The number of hydrogen-bond donors (Lipinski definition) is 0. The fourth-order valence-electron chi connectivity index (χ4n) is 2.89. The summed E-state index contributed by atoms with van der Waals surface area (Å²) in [5.41, 5.74) is 2.49. The van der Waals surface area contributed by atoms with Gasteiger partial charge in [0.25, 0.3) is 0 Å². The number of hydrogen-bond acceptors (Lipinski definition) is 6. The SMILES string of the molecule is Cc1ncc(C)n2nc(C=Cc3nc(N4CC[C@H](F)C4)nn3C)nc12. The Labute approximate surface area is 144 Å². The molecular formula is C16H19FN8. The van der Waals surface area contributed by atoms with Gasteiger partial charge >= 0.3 is 0 Å². The van der Waals surface area contributed by atoms with E-state index in [1.54, 1.807) is 21.5 Å². The molecule has 0 bridgehead atoms. The van der Waals surface area contributed by atoms with Gasteiger partial charge in [-0.1, -0.05) is 0 Å². The molecule has 130 valence electrons. The Hall–Kier alpha value is -2.84. The summed E-state index contributed by atoms with van der Waals surface area (Å²) < 4.78 is 16.8. The Morgan fingerprint density at radius 3 is 2.76 bits per heavy atom. The van der Waals surface area contributed by atoms with E-state index in [2.05, 4.69) is 25.1 Å². The van der Waals surface area contributed by atoms with E-state index in [0.717, 1.165) is 17.0 Å². The molecule has 0 aromatic carbocycles. The lowest BCUT2D eigenvalue weighted by Gasteiger charge is -2.10. The number of fused-ring (bicyclic) bond motifs is 1. The van der Waals surface area contributed by atoms with Crippen molar-refractivity contribution in [3.05, 3.63) is 29.2 Å². The van der Waals surface area contributed by atoms with Gasteiger partial charge < -0.3 is 4.90 Å². The average molecular weight is 342 g/mol. The van der Waals surface area contributed by atoms with E-state index in [-0.39, 0.29) is 0 Å². The quantitative estimate of drug-likeness (QED) is 0.719. The summed E-state index contributed by atoms with van der Waals surface area (Å²) in [5, 5.41) is 8.84. The Kier molecular flexibility index (Phi) is 3.70. The van der Waals surface area contributed by atoms with Crippen molar-refractivity contribution in [2.45, 2.75) is 26.4 Å². The van der Waals surface area contributed by atoms with Gasteiger partial charge in [0.05, 0.1) is 17.9 Å². The molecule has 3 aromatic rings. The topological polar surface area (TPSA) is 77.0 Å². The van der Waals surface area contributed by atoms with Gasteiger partial charge in [0.1, 0.15) is 6.17 Å². The zero-order valence-corrected chi connectivity index (χ0v) is 14.4. The van der Waals surface area contributed by atoms with E-state index in [4.69, 9.17) is 0 Å². The van der Waals surface area contributed by atoms with Gasteiger partial charge in [-0.2, -0.15) is 4.98 Å². The molecule has 1 fully saturated rings. The van der Waals surface area contributed by atoms with Crippen molar-refractivity contribution in [2.75, 3.05) is 18.0 Å². The number of alkyl halides is 1. The van der Waals surface area contributed by atoms with Crippen LogP contribution in [-0.4, -0.2) is 53.6 Å². The van der Waals surface area contributed by atoms with Crippen molar-refractivity contribution in [1.82, 2.24) is 34.3 Å². The van der Waals surface area contributed by atoms with Crippen molar-refractivity contribution in [1.29, 1.82) is 0 Å². The zero-order valence-electron chi connectivity index (χ0n) is 14.4. The van der Waals surface area contributed by atoms with Crippen LogP contribution in [0.1, 0.15) is 29.5 Å². The first-order valence-electron chi connectivity index (χ1n) is 8.18. The minimum absolute atomic E-state index is 0.354. The number of anilines is 1. The first-order valence-corrected chi connectivity index (χ1v) is 8.18. The highest BCUT2D eigenvalue weighted by molar-refractivity contribution is 5.65. The van der Waals surface area contributed by atoms with Crippen LogP contribution in [0.4, 0.5) is 10.3 Å². The van der Waals surface area contributed by atoms with E-state index in [1.807, 2.05) is 31.9 Å².